The maximum absolute atomic E-state index is 12.7. The fourth-order valence-corrected chi connectivity index (χ4v) is 3.16. The van der Waals surface area contributed by atoms with Crippen molar-refractivity contribution in [3.8, 4) is 5.75 Å². The zero-order valence-corrected chi connectivity index (χ0v) is 16.6. The van der Waals surface area contributed by atoms with Crippen LogP contribution in [-0.4, -0.2) is 38.9 Å². The lowest BCUT2D eigenvalue weighted by molar-refractivity contribution is -0.0504. The predicted molar refractivity (Wildman–Crippen MR) is 107 cm³/mol. The van der Waals surface area contributed by atoms with Crippen molar-refractivity contribution in [2.75, 3.05) is 26.3 Å². The van der Waals surface area contributed by atoms with Crippen LogP contribution in [0.15, 0.2) is 46.0 Å². The molecule has 0 bridgehead atoms. The van der Waals surface area contributed by atoms with E-state index in [-0.39, 0.29) is 12.3 Å². The summed E-state index contributed by atoms with van der Waals surface area (Å²) in [6.45, 7) is 0.0265. The summed E-state index contributed by atoms with van der Waals surface area (Å²) in [5.74, 6) is 1.91. The molecule has 1 unspecified atom stereocenters. The van der Waals surface area contributed by atoms with Gasteiger partial charge in [-0.05, 0) is 36.8 Å². The summed E-state index contributed by atoms with van der Waals surface area (Å²) in [6, 6.07) is 8.25. The third-order valence-electron chi connectivity index (χ3n) is 4.47. The fourth-order valence-electron chi connectivity index (χ4n) is 2.97. The van der Waals surface area contributed by atoms with Gasteiger partial charge in [-0.1, -0.05) is 11.6 Å². The second-order valence-electron chi connectivity index (χ2n) is 6.66. The van der Waals surface area contributed by atoms with Gasteiger partial charge in [0.05, 0.1) is 19.4 Å². The molecule has 1 aliphatic rings. The van der Waals surface area contributed by atoms with E-state index >= 15 is 0 Å². The second-order valence-corrected chi connectivity index (χ2v) is 7.10. The minimum atomic E-state index is -2.91. The molecule has 0 spiro atoms. The van der Waals surface area contributed by atoms with E-state index in [1.807, 2.05) is 12.1 Å². The highest BCUT2D eigenvalue weighted by Crippen LogP contribution is 2.25. The summed E-state index contributed by atoms with van der Waals surface area (Å²) in [5.41, 5.74) is 0.481. The van der Waals surface area contributed by atoms with Crippen LogP contribution in [0.2, 0.25) is 5.02 Å². The van der Waals surface area contributed by atoms with Crippen molar-refractivity contribution in [1.29, 1.82) is 0 Å². The standard InChI is InChI=1S/C20H24ClF2N3O3/c21-16-3-4-18(29-19(22)23)15(10-16)12-26-20(25-11-14-6-9-27-13-14)24-7-5-17-2-1-8-28-17/h1-4,8,10,14,19H,5-7,9,11-13H2,(H2,24,25,26). The Morgan fingerprint density at radius 3 is 2.93 bits per heavy atom. The van der Waals surface area contributed by atoms with Gasteiger partial charge >= 0.3 is 6.61 Å². The number of halogens is 3. The molecule has 0 amide bonds. The zero-order chi connectivity index (χ0) is 20.5. The molecule has 9 heteroatoms. The SMILES string of the molecule is FC(F)Oc1ccc(Cl)cc1CN=C(NCCc1ccco1)NCC1CCOC1. The highest BCUT2D eigenvalue weighted by atomic mass is 35.5. The molecule has 29 heavy (non-hydrogen) atoms. The highest BCUT2D eigenvalue weighted by Gasteiger charge is 2.16. The first-order chi connectivity index (χ1) is 14.1. The monoisotopic (exact) mass is 427 g/mol. The van der Waals surface area contributed by atoms with E-state index in [0.29, 0.717) is 48.6 Å². The molecular weight excluding hydrogens is 404 g/mol. The Labute approximate surface area is 173 Å². The Morgan fingerprint density at radius 1 is 1.31 bits per heavy atom. The van der Waals surface area contributed by atoms with Crippen LogP contribution in [0, 0.1) is 5.92 Å². The molecule has 1 aliphatic heterocycles. The molecule has 1 atom stereocenters. The topological polar surface area (TPSA) is 68.0 Å². The van der Waals surface area contributed by atoms with Crippen LogP contribution in [0.3, 0.4) is 0 Å². The van der Waals surface area contributed by atoms with E-state index in [4.69, 9.17) is 20.8 Å². The van der Waals surface area contributed by atoms with Gasteiger partial charge in [0, 0.05) is 42.6 Å². The first-order valence-electron chi connectivity index (χ1n) is 9.45. The Balaban J connectivity index is 1.64. The Kier molecular flexibility index (Phi) is 8.13. The summed E-state index contributed by atoms with van der Waals surface area (Å²) >= 11 is 6.01. The third-order valence-corrected chi connectivity index (χ3v) is 4.71. The maximum Gasteiger partial charge on any atom is 0.387 e. The van der Waals surface area contributed by atoms with Crippen LogP contribution < -0.4 is 15.4 Å². The normalized spacial score (nSPS) is 17.0. The van der Waals surface area contributed by atoms with E-state index in [2.05, 4.69) is 20.4 Å². The molecule has 1 aromatic heterocycles. The van der Waals surface area contributed by atoms with Crippen molar-refractivity contribution in [3.63, 3.8) is 0 Å². The number of guanidine groups is 1. The molecule has 1 aromatic carbocycles. The third kappa shape index (κ3) is 7.21. The summed E-state index contributed by atoms with van der Waals surface area (Å²) in [5, 5.41) is 6.97. The molecule has 2 heterocycles. The Hall–Kier alpha value is -2.32. The number of furan rings is 1. The van der Waals surface area contributed by atoms with Crippen LogP contribution in [0.4, 0.5) is 8.78 Å². The van der Waals surface area contributed by atoms with Crippen molar-refractivity contribution < 1.29 is 22.7 Å². The number of benzene rings is 1. The van der Waals surface area contributed by atoms with Crippen LogP contribution in [-0.2, 0) is 17.7 Å². The first kappa shape index (κ1) is 21.4. The Bertz CT molecular complexity index is 781. The van der Waals surface area contributed by atoms with E-state index < -0.39 is 6.61 Å². The molecule has 3 rings (SSSR count). The van der Waals surface area contributed by atoms with Gasteiger partial charge in [0.1, 0.15) is 11.5 Å². The van der Waals surface area contributed by atoms with Gasteiger partial charge in [-0.25, -0.2) is 4.99 Å². The molecule has 0 aliphatic carbocycles. The summed E-state index contributed by atoms with van der Waals surface area (Å²) in [7, 11) is 0. The summed E-state index contributed by atoms with van der Waals surface area (Å²) in [4.78, 5) is 4.52. The molecular formula is C20H24ClF2N3O3. The largest absolute Gasteiger partial charge is 0.469 e. The van der Waals surface area contributed by atoms with E-state index in [9.17, 15) is 8.78 Å². The number of hydrogen-bond donors (Lipinski definition) is 2. The second kappa shape index (κ2) is 11.0. The fraction of sp³-hybridized carbons (Fsp3) is 0.450. The molecule has 2 N–H and O–H groups in total. The lowest BCUT2D eigenvalue weighted by Gasteiger charge is -2.15. The smallest absolute Gasteiger partial charge is 0.387 e. The minimum Gasteiger partial charge on any atom is -0.469 e. The minimum absolute atomic E-state index is 0.0623. The molecule has 158 valence electrons. The average molecular weight is 428 g/mol. The highest BCUT2D eigenvalue weighted by molar-refractivity contribution is 6.30. The van der Waals surface area contributed by atoms with Crippen LogP contribution >= 0.6 is 11.6 Å². The van der Waals surface area contributed by atoms with Gasteiger partial charge in [0.25, 0.3) is 0 Å². The molecule has 1 fully saturated rings. The molecule has 0 saturated carbocycles. The predicted octanol–water partition coefficient (Wildman–Crippen LogP) is 3.85. The van der Waals surface area contributed by atoms with Crippen molar-refractivity contribution >= 4 is 17.6 Å². The Morgan fingerprint density at radius 2 is 2.21 bits per heavy atom. The van der Waals surface area contributed by atoms with Gasteiger partial charge in [-0.15, -0.1) is 0 Å². The number of hydrogen-bond acceptors (Lipinski definition) is 4. The number of rotatable bonds is 9. The summed E-state index contributed by atoms with van der Waals surface area (Å²) in [6.07, 6.45) is 3.32. The molecule has 6 nitrogen and oxygen atoms in total. The van der Waals surface area contributed by atoms with Crippen LogP contribution in [0.25, 0.3) is 0 Å². The number of alkyl halides is 2. The molecule has 1 saturated heterocycles. The number of ether oxygens (including phenoxy) is 2. The molecule has 2 aromatic rings. The lowest BCUT2D eigenvalue weighted by atomic mass is 10.1. The van der Waals surface area contributed by atoms with Crippen molar-refractivity contribution in [2.45, 2.75) is 26.0 Å². The van der Waals surface area contributed by atoms with Crippen LogP contribution in [0.1, 0.15) is 17.7 Å². The first-order valence-corrected chi connectivity index (χ1v) is 9.83. The summed E-state index contributed by atoms with van der Waals surface area (Å²) < 4.78 is 40.6. The van der Waals surface area contributed by atoms with E-state index in [1.165, 1.54) is 12.1 Å². The number of aliphatic imine (C=N–C) groups is 1. The van der Waals surface area contributed by atoms with Crippen molar-refractivity contribution in [3.05, 3.63) is 52.9 Å². The van der Waals surface area contributed by atoms with E-state index in [0.717, 1.165) is 18.8 Å². The van der Waals surface area contributed by atoms with E-state index in [1.54, 1.807) is 12.3 Å². The van der Waals surface area contributed by atoms with Crippen molar-refractivity contribution in [2.24, 2.45) is 10.9 Å². The van der Waals surface area contributed by atoms with Gasteiger partial charge in [0.2, 0.25) is 0 Å². The maximum atomic E-state index is 12.7. The number of nitrogens with zero attached hydrogens (tertiary/aromatic N) is 1. The van der Waals surface area contributed by atoms with Crippen LogP contribution in [0.5, 0.6) is 5.75 Å². The van der Waals surface area contributed by atoms with Gasteiger partial charge in [-0.2, -0.15) is 8.78 Å². The lowest BCUT2D eigenvalue weighted by Crippen LogP contribution is -2.40. The van der Waals surface area contributed by atoms with Gasteiger partial charge in [-0.3, -0.25) is 0 Å². The quantitative estimate of drug-likeness (QED) is 0.470. The van der Waals surface area contributed by atoms with Crippen molar-refractivity contribution in [1.82, 2.24) is 10.6 Å². The number of nitrogens with one attached hydrogen (secondary N) is 2. The molecule has 0 radical (unpaired) electrons. The van der Waals surface area contributed by atoms with Gasteiger partial charge in [0.15, 0.2) is 5.96 Å². The zero-order valence-electron chi connectivity index (χ0n) is 15.9. The average Bonchev–Trinajstić information content (AvgIpc) is 3.39. The van der Waals surface area contributed by atoms with Gasteiger partial charge < -0.3 is 24.5 Å².